The van der Waals surface area contributed by atoms with E-state index in [0.29, 0.717) is 17.7 Å². The molecule has 0 unspecified atom stereocenters. The third-order valence-corrected chi connectivity index (χ3v) is 3.58. The van der Waals surface area contributed by atoms with E-state index in [1.165, 1.54) is 18.2 Å². The van der Waals surface area contributed by atoms with Crippen LogP contribution < -0.4 is 10.6 Å². The van der Waals surface area contributed by atoms with Crippen molar-refractivity contribution in [2.75, 3.05) is 11.9 Å². The average Bonchev–Trinajstić information content (AvgIpc) is 3.16. The number of nitrogens with zero attached hydrogens (tertiary/aromatic N) is 1. The molecule has 2 amide bonds. The lowest BCUT2D eigenvalue weighted by Crippen LogP contribution is -2.36. The van der Waals surface area contributed by atoms with Crippen molar-refractivity contribution in [3.8, 4) is 11.3 Å². The smallest absolute Gasteiger partial charge is 0.320 e. The number of urea groups is 1. The van der Waals surface area contributed by atoms with Crippen molar-refractivity contribution in [1.82, 2.24) is 10.5 Å². The molecule has 0 fully saturated rings. The third-order valence-electron chi connectivity index (χ3n) is 3.58. The number of aliphatic hydroxyl groups excluding tert-OH is 1. The van der Waals surface area contributed by atoms with Gasteiger partial charge in [-0.2, -0.15) is 0 Å². The number of hydrogen-bond acceptors (Lipinski definition) is 4. The quantitative estimate of drug-likeness (QED) is 0.756. The van der Waals surface area contributed by atoms with Crippen LogP contribution in [0.15, 0.2) is 47.0 Å². The summed E-state index contributed by atoms with van der Waals surface area (Å²) in [6.07, 6.45) is 4.39. The first-order valence-corrected chi connectivity index (χ1v) is 7.23. The van der Waals surface area contributed by atoms with Crippen molar-refractivity contribution in [3.05, 3.63) is 48.3 Å². The van der Waals surface area contributed by atoms with E-state index in [9.17, 15) is 9.18 Å². The number of amides is 2. The molecule has 1 aliphatic carbocycles. The third kappa shape index (κ3) is 3.75. The number of aromatic nitrogens is 1. The van der Waals surface area contributed by atoms with Gasteiger partial charge in [-0.1, -0.05) is 29.4 Å². The van der Waals surface area contributed by atoms with Gasteiger partial charge in [-0.15, -0.1) is 0 Å². The van der Waals surface area contributed by atoms with Crippen LogP contribution in [0.5, 0.6) is 0 Å². The lowest BCUT2D eigenvalue weighted by atomic mass is 10.1. The molecular weight excluding hydrogens is 301 g/mol. The second-order valence-electron chi connectivity index (χ2n) is 5.35. The number of rotatable bonds is 4. The van der Waals surface area contributed by atoms with Crippen molar-refractivity contribution in [2.45, 2.75) is 12.5 Å². The van der Waals surface area contributed by atoms with E-state index in [1.807, 2.05) is 12.2 Å². The van der Waals surface area contributed by atoms with Gasteiger partial charge in [0.15, 0.2) is 11.6 Å². The van der Waals surface area contributed by atoms with Gasteiger partial charge in [-0.3, -0.25) is 5.32 Å². The number of halogens is 1. The summed E-state index contributed by atoms with van der Waals surface area (Å²) in [7, 11) is 0. The molecule has 0 saturated carbocycles. The molecular formula is C16H16FN3O3. The second-order valence-corrected chi connectivity index (χ2v) is 5.35. The van der Waals surface area contributed by atoms with Crippen LogP contribution in [0.4, 0.5) is 15.0 Å². The number of benzene rings is 1. The first-order valence-electron chi connectivity index (χ1n) is 7.23. The van der Waals surface area contributed by atoms with Crippen LogP contribution in [-0.4, -0.2) is 28.9 Å². The van der Waals surface area contributed by atoms with Crippen molar-refractivity contribution in [2.24, 2.45) is 5.92 Å². The van der Waals surface area contributed by atoms with E-state index in [2.05, 4.69) is 15.8 Å². The molecule has 1 heterocycles. The summed E-state index contributed by atoms with van der Waals surface area (Å²) in [6, 6.07) is 6.89. The number of anilines is 1. The summed E-state index contributed by atoms with van der Waals surface area (Å²) in [5.74, 6) is 0.299. The first kappa shape index (κ1) is 15.2. The van der Waals surface area contributed by atoms with Crippen molar-refractivity contribution >= 4 is 11.8 Å². The number of hydrogen-bond donors (Lipinski definition) is 3. The highest BCUT2D eigenvalue weighted by molar-refractivity contribution is 5.89. The van der Waals surface area contributed by atoms with Gasteiger partial charge in [0.2, 0.25) is 0 Å². The molecule has 1 aromatic heterocycles. The lowest BCUT2D eigenvalue weighted by Gasteiger charge is -2.12. The largest absolute Gasteiger partial charge is 0.396 e. The highest BCUT2D eigenvalue weighted by Crippen LogP contribution is 2.23. The summed E-state index contributed by atoms with van der Waals surface area (Å²) in [5, 5.41) is 18.1. The van der Waals surface area contributed by atoms with Gasteiger partial charge < -0.3 is 14.9 Å². The van der Waals surface area contributed by atoms with Gasteiger partial charge in [0.1, 0.15) is 5.82 Å². The summed E-state index contributed by atoms with van der Waals surface area (Å²) < 4.78 is 18.3. The summed E-state index contributed by atoms with van der Waals surface area (Å²) in [4.78, 5) is 11.9. The maximum atomic E-state index is 13.2. The molecule has 0 saturated heterocycles. The topological polar surface area (TPSA) is 87.4 Å². The predicted molar refractivity (Wildman–Crippen MR) is 82.2 cm³/mol. The molecule has 2 aromatic rings. The number of carbonyl (C=O) groups is 1. The van der Waals surface area contributed by atoms with Crippen LogP contribution in [0, 0.1) is 11.7 Å². The van der Waals surface area contributed by atoms with Gasteiger partial charge in [-0.05, 0) is 18.6 Å². The summed E-state index contributed by atoms with van der Waals surface area (Å²) >= 11 is 0. The maximum absolute atomic E-state index is 13.2. The molecule has 6 nitrogen and oxygen atoms in total. The van der Waals surface area contributed by atoms with E-state index >= 15 is 0 Å². The zero-order chi connectivity index (χ0) is 16.2. The molecule has 7 heteroatoms. The second kappa shape index (κ2) is 6.62. The predicted octanol–water partition coefficient (Wildman–Crippen LogP) is 2.54. The molecule has 1 aliphatic rings. The Hall–Kier alpha value is -2.67. The van der Waals surface area contributed by atoms with Gasteiger partial charge >= 0.3 is 6.03 Å². The minimum Gasteiger partial charge on any atom is -0.396 e. The summed E-state index contributed by atoms with van der Waals surface area (Å²) in [6.45, 7) is 0.0661. The summed E-state index contributed by atoms with van der Waals surface area (Å²) in [5.41, 5.74) is 0.537. The molecule has 3 rings (SSSR count). The van der Waals surface area contributed by atoms with Gasteiger partial charge in [0.05, 0.1) is 0 Å². The van der Waals surface area contributed by atoms with Gasteiger partial charge in [0.25, 0.3) is 0 Å². The molecule has 1 aromatic carbocycles. The Kier molecular flexibility index (Phi) is 4.38. The van der Waals surface area contributed by atoms with Crippen molar-refractivity contribution < 1.29 is 18.8 Å². The minimum absolute atomic E-state index is 0.0661. The molecule has 0 spiro atoms. The lowest BCUT2D eigenvalue weighted by molar-refractivity contribution is 0.238. The Balaban J connectivity index is 1.59. The Morgan fingerprint density at radius 1 is 1.39 bits per heavy atom. The number of carbonyl (C=O) groups excluding carboxylic acids is 1. The van der Waals surface area contributed by atoms with Crippen molar-refractivity contribution in [3.63, 3.8) is 0 Å². The van der Waals surface area contributed by atoms with Gasteiger partial charge in [-0.25, -0.2) is 9.18 Å². The molecule has 0 aliphatic heterocycles. The van der Waals surface area contributed by atoms with E-state index in [1.54, 1.807) is 12.1 Å². The molecule has 2 atom stereocenters. The van der Waals surface area contributed by atoms with Crippen LogP contribution in [0.1, 0.15) is 6.42 Å². The first-order chi connectivity index (χ1) is 11.1. The fourth-order valence-electron chi connectivity index (χ4n) is 2.45. The highest BCUT2D eigenvalue weighted by atomic mass is 19.1. The number of nitrogens with one attached hydrogen (secondary N) is 2. The van der Waals surface area contributed by atoms with Crippen LogP contribution in [0.25, 0.3) is 11.3 Å². The average molecular weight is 317 g/mol. The number of aliphatic hydroxyl groups is 1. The van der Waals surface area contributed by atoms with Crippen LogP contribution >= 0.6 is 0 Å². The molecule has 0 bridgehead atoms. The fourth-order valence-corrected chi connectivity index (χ4v) is 2.45. The van der Waals surface area contributed by atoms with Crippen LogP contribution in [-0.2, 0) is 0 Å². The minimum atomic E-state index is -0.419. The normalized spacial score (nSPS) is 19.7. The fraction of sp³-hybridized carbons (Fsp3) is 0.250. The Bertz CT molecular complexity index is 729. The van der Waals surface area contributed by atoms with E-state index in [4.69, 9.17) is 9.63 Å². The van der Waals surface area contributed by atoms with E-state index in [0.717, 1.165) is 0 Å². The Morgan fingerprint density at radius 3 is 3.00 bits per heavy atom. The molecule has 3 N–H and O–H groups in total. The van der Waals surface area contributed by atoms with E-state index < -0.39 is 6.03 Å². The standard InChI is InChI=1S/C16H16FN3O3/c17-12-3-1-2-11(7-12)14-8-15(20-23-14)19-16(22)18-13-5-4-10(6-13)9-21/h1-5,7-8,10,13,21H,6,9H2,(H2,18,19,20,22)/t10-,13+/m0/s1. The zero-order valence-electron chi connectivity index (χ0n) is 12.2. The Morgan fingerprint density at radius 2 is 2.26 bits per heavy atom. The van der Waals surface area contributed by atoms with Crippen molar-refractivity contribution in [1.29, 1.82) is 0 Å². The zero-order valence-corrected chi connectivity index (χ0v) is 12.2. The SMILES string of the molecule is O=C(Nc1cc(-c2cccc(F)c2)on1)N[C@@H]1C=C[C@H](CO)C1. The molecule has 120 valence electrons. The highest BCUT2D eigenvalue weighted by Gasteiger charge is 2.20. The molecule has 0 radical (unpaired) electrons. The van der Waals surface area contributed by atoms with Gasteiger partial charge in [0, 0.05) is 30.2 Å². The van der Waals surface area contributed by atoms with Crippen LogP contribution in [0.3, 0.4) is 0 Å². The molecule has 23 heavy (non-hydrogen) atoms. The maximum Gasteiger partial charge on any atom is 0.320 e. The monoisotopic (exact) mass is 317 g/mol. The van der Waals surface area contributed by atoms with Crippen LogP contribution in [0.2, 0.25) is 0 Å². The van der Waals surface area contributed by atoms with E-state index in [-0.39, 0.29) is 30.2 Å². The Labute approximate surface area is 132 Å².